The maximum absolute atomic E-state index is 13.6. The lowest BCUT2D eigenvalue weighted by Gasteiger charge is -2.11. The quantitative estimate of drug-likeness (QED) is 0.421. The largest absolute Gasteiger partial charge is 0.453 e. The molecule has 0 aliphatic rings. The van der Waals surface area contributed by atoms with Gasteiger partial charge in [-0.2, -0.15) is 18.2 Å². The first-order chi connectivity index (χ1) is 15.0. The van der Waals surface area contributed by atoms with E-state index in [9.17, 15) is 30.4 Å². The number of nitrogens with zero attached hydrogens (tertiary/aromatic N) is 5. The lowest BCUT2D eigenvalue weighted by molar-refractivity contribution is -0.144. The van der Waals surface area contributed by atoms with Crippen LogP contribution in [0.5, 0.6) is 0 Å². The third-order valence-electron chi connectivity index (χ3n) is 4.47. The van der Waals surface area contributed by atoms with Crippen LogP contribution in [0.4, 0.5) is 22.0 Å². The first kappa shape index (κ1) is 21.7. The maximum Gasteiger partial charge on any atom is 0.453 e. The summed E-state index contributed by atoms with van der Waals surface area (Å²) in [7, 11) is -3.91. The molecular formula is C19H12F5N5O2S. The number of hydrogen-bond acceptors (Lipinski definition) is 6. The van der Waals surface area contributed by atoms with Crippen LogP contribution in [0.1, 0.15) is 12.7 Å². The average Bonchev–Trinajstić information content (AvgIpc) is 3.16. The van der Waals surface area contributed by atoms with E-state index in [0.717, 1.165) is 22.8 Å². The molecule has 0 bridgehead atoms. The van der Waals surface area contributed by atoms with Crippen LogP contribution in [0.25, 0.3) is 28.3 Å². The lowest BCUT2D eigenvalue weighted by atomic mass is 10.1. The minimum atomic E-state index is -4.79. The van der Waals surface area contributed by atoms with E-state index >= 15 is 0 Å². The normalized spacial score (nSPS) is 12.4. The van der Waals surface area contributed by atoms with Gasteiger partial charge in [0.15, 0.2) is 9.84 Å². The zero-order valence-electron chi connectivity index (χ0n) is 16.1. The van der Waals surface area contributed by atoms with Crippen LogP contribution < -0.4 is 0 Å². The molecule has 0 atom stereocenters. The molecule has 0 radical (unpaired) electrons. The summed E-state index contributed by atoms with van der Waals surface area (Å²) in [5.41, 5.74) is -0.0268. The summed E-state index contributed by atoms with van der Waals surface area (Å²) < 4.78 is 92.0. The second-order valence-corrected chi connectivity index (χ2v) is 8.87. The molecule has 3 heterocycles. The molecular weight excluding hydrogens is 457 g/mol. The van der Waals surface area contributed by atoms with Gasteiger partial charge in [0.25, 0.3) is 11.6 Å². The minimum absolute atomic E-state index is 0.0600. The molecule has 0 spiro atoms. The van der Waals surface area contributed by atoms with Crippen LogP contribution in [0, 0.1) is 11.6 Å². The molecule has 1 aromatic carbocycles. The molecule has 13 heteroatoms. The standard InChI is InChI=1S/C19H12F5N5O2S/c1-2-32(30,31)15-7-11(10-5-12(20)8-13(21)6-10)9-25-16(15)14-3-4-29-18(26-14)27-17(28-29)19(22,23)24/h3-9H,2H2,1H3. The van der Waals surface area contributed by atoms with Crippen LogP contribution >= 0.6 is 0 Å². The van der Waals surface area contributed by atoms with Gasteiger partial charge in [0.1, 0.15) is 17.3 Å². The maximum atomic E-state index is 13.6. The van der Waals surface area contributed by atoms with Crippen molar-refractivity contribution in [2.24, 2.45) is 0 Å². The van der Waals surface area contributed by atoms with Gasteiger partial charge in [0, 0.05) is 24.0 Å². The molecule has 7 nitrogen and oxygen atoms in total. The predicted molar refractivity (Wildman–Crippen MR) is 102 cm³/mol. The van der Waals surface area contributed by atoms with Gasteiger partial charge in [0.05, 0.1) is 16.3 Å². The van der Waals surface area contributed by atoms with Crippen molar-refractivity contribution in [2.45, 2.75) is 18.0 Å². The summed E-state index contributed by atoms with van der Waals surface area (Å²) in [5.74, 6) is -3.85. The van der Waals surface area contributed by atoms with Gasteiger partial charge in [-0.25, -0.2) is 26.7 Å². The number of fused-ring (bicyclic) bond motifs is 1. The van der Waals surface area contributed by atoms with Crippen molar-refractivity contribution in [3.05, 3.63) is 60.2 Å². The highest BCUT2D eigenvalue weighted by atomic mass is 32.2. The minimum Gasteiger partial charge on any atom is -0.253 e. The van der Waals surface area contributed by atoms with Crippen LogP contribution in [-0.2, 0) is 16.0 Å². The van der Waals surface area contributed by atoms with Gasteiger partial charge in [0.2, 0.25) is 0 Å². The molecule has 4 aromatic rings. The summed E-state index contributed by atoms with van der Waals surface area (Å²) in [4.78, 5) is 11.1. The second kappa shape index (κ2) is 7.58. The third-order valence-corrected chi connectivity index (χ3v) is 6.21. The Morgan fingerprint density at radius 1 is 1.00 bits per heavy atom. The van der Waals surface area contributed by atoms with Crippen LogP contribution in [-0.4, -0.2) is 38.7 Å². The zero-order valence-corrected chi connectivity index (χ0v) is 16.9. The highest BCUT2D eigenvalue weighted by Crippen LogP contribution is 2.31. The summed E-state index contributed by atoms with van der Waals surface area (Å²) in [5, 5.41) is 3.28. The Bertz CT molecular complexity index is 1430. The Labute approximate surface area is 177 Å². The van der Waals surface area contributed by atoms with Gasteiger partial charge in [-0.1, -0.05) is 6.92 Å². The van der Waals surface area contributed by atoms with Crippen LogP contribution in [0.3, 0.4) is 0 Å². The predicted octanol–water partition coefficient (Wildman–Crippen LogP) is 3.94. The molecule has 0 aliphatic heterocycles. The Hall–Kier alpha value is -3.48. The first-order valence-electron chi connectivity index (χ1n) is 8.98. The molecule has 0 fully saturated rings. The summed E-state index contributed by atoms with van der Waals surface area (Å²) in [6.45, 7) is 1.39. The number of halogens is 5. The van der Waals surface area contributed by atoms with Crippen molar-refractivity contribution in [2.75, 3.05) is 5.75 Å². The van der Waals surface area contributed by atoms with Crippen molar-refractivity contribution in [3.63, 3.8) is 0 Å². The van der Waals surface area contributed by atoms with Gasteiger partial charge in [-0.3, -0.25) is 4.98 Å². The fourth-order valence-electron chi connectivity index (χ4n) is 2.94. The monoisotopic (exact) mass is 469 g/mol. The van der Waals surface area contributed by atoms with Crippen LogP contribution in [0.2, 0.25) is 0 Å². The van der Waals surface area contributed by atoms with Crippen molar-refractivity contribution >= 4 is 15.6 Å². The highest BCUT2D eigenvalue weighted by Gasteiger charge is 2.36. The molecule has 0 amide bonds. The van der Waals surface area contributed by atoms with Gasteiger partial charge >= 0.3 is 6.18 Å². The van der Waals surface area contributed by atoms with Gasteiger partial charge < -0.3 is 0 Å². The highest BCUT2D eigenvalue weighted by molar-refractivity contribution is 7.91. The molecule has 3 aromatic heterocycles. The molecule has 166 valence electrons. The van der Waals surface area contributed by atoms with E-state index in [-0.39, 0.29) is 33.2 Å². The molecule has 0 aliphatic carbocycles. The number of benzene rings is 1. The van der Waals surface area contributed by atoms with Crippen molar-refractivity contribution in [1.82, 2.24) is 24.6 Å². The van der Waals surface area contributed by atoms with Crippen molar-refractivity contribution in [1.29, 1.82) is 0 Å². The molecule has 4 rings (SSSR count). The van der Waals surface area contributed by atoms with E-state index in [2.05, 4.69) is 20.1 Å². The average molecular weight is 469 g/mol. The molecule has 0 saturated heterocycles. The Kier molecular flexibility index (Phi) is 5.15. The van der Waals surface area contributed by atoms with E-state index in [0.29, 0.717) is 6.07 Å². The SMILES string of the molecule is CCS(=O)(=O)c1cc(-c2cc(F)cc(F)c2)cnc1-c1ccn2nc(C(F)(F)F)nc2n1. The number of hydrogen-bond donors (Lipinski definition) is 0. The summed E-state index contributed by atoms with van der Waals surface area (Å²) in [6.07, 6.45) is -2.46. The zero-order chi connectivity index (χ0) is 23.3. The van der Waals surface area contributed by atoms with E-state index in [1.165, 1.54) is 25.3 Å². The lowest BCUT2D eigenvalue weighted by Crippen LogP contribution is -2.08. The first-order valence-corrected chi connectivity index (χ1v) is 10.6. The number of aromatic nitrogens is 5. The number of pyridine rings is 1. The Balaban J connectivity index is 1.90. The third kappa shape index (κ3) is 4.02. The molecule has 0 unspecified atom stereocenters. The Morgan fingerprint density at radius 3 is 2.31 bits per heavy atom. The smallest absolute Gasteiger partial charge is 0.253 e. The van der Waals surface area contributed by atoms with Crippen molar-refractivity contribution < 1.29 is 30.4 Å². The summed E-state index contributed by atoms with van der Waals surface area (Å²) in [6, 6.07) is 5.12. The second-order valence-electron chi connectivity index (χ2n) is 6.62. The van der Waals surface area contributed by atoms with E-state index in [4.69, 9.17) is 0 Å². The van der Waals surface area contributed by atoms with E-state index < -0.39 is 39.3 Å². The summed E-state index contributed by atoms with van der Waals surface area (Å²) >= 11 is 0. The van der Waals surface area contributed by atoms with E-state index in [1.807, 2.05) is 0 Å². The molecule has 32 heavy (non-hydrogen) atoms. The van der Waals surface area contributed by atoms with Gasteiger partial charge in [-0.15, -0.1) is 5.10 Å². The number of rotatable bonds is 4. The topological polar surface area (TPSA) is 90.1 Å². The van der Waals surface area contributed by atoms with E-state index in [1.54, 1.807) is 0 Å². The van der Waals surface area contributed by atoms with Crippen molar-refractivity contribution in [3.8, 4) is 22.5 Å². The molecule has 0 saturated carbocycles. The van der Waals surface area contributed by atoms with Gasteiger partial charge in [-0.05, 0) is 29.8 Å². The fraction of sp³-hybridized carbons (Fsp3) is 0.158. The van der Waals surface area contributed by atoms with Crippen LogP contribution in [0.15, 0.2) is 47.6 Å². The molecule has 0 N–H and O–H groups in total. The number of alkyl halides is 3. The fourth-order valence-corrected chi connectivity index (χ4v) is 4.01. The Morgan fingerprint density at radius 2 is 1.69 bits per heavy atom. The number of sulfone groups is 1.